The number of carbonyl (C=O) groups is 4. The van der Waals surface area contributed by atoms with E-state index in [0.717, 1.165) is 12.8 Å². The van der Waals surface area contributed by atoms with Crippen molar-refractivity contribution in [3.8, 4) is 11.5 Å². The minimum absolute atomic E-state index is 0.00839. The number of unbranched alkanes of at least 4 members (excludes halogenated alkanes) is 2. The van der Waals surface area contributed by atoms with Crippen LogP contribution in [-0.4, -0.2) is 61.5 Å². The van der Waals surface area contributed by atoms with Crippen LogP contribution in [0.25, 0.3) is 0 Å². The first-order valence-corrected chi connectivity index (χ1v) is 11.8. The zero-order chi connectivity index (χ0) is 27.1. The Kier molecular flexibility index (Phi) is 13.7. The summed E-state index contributed by atoms with van der Waals surface area (Å²) in [4.78, 5) is 47.4. The van der Waals surface area contributed by atoms with E-state index in [-0.39, 0.29) is 37.7 Å². The van der Waals surface area contributed by atoms with Crippen LogP contribution >= 0.6 is 0 Å². The molecule has 1 aromatic carbocycles. The van der Waals surface area contributed by atoms with Crippen molar-refractivity contribution in [2.24, 2.45) is 5.73 Å². The SMILES string of the molecule is CCCCCOC(=O)OC(C)CC(c1ccc(OC(=O)OCC)c(OC(=O)OCC)c1)[C@H](N)C(=O)O. The molecule has 0 bridgehead atoms. The molecular formula is C24H35NO11. The largest absolute Gasteiger partial charge is 0.513 e. The van der Waals surface area contributed by atoms with Crippen LogP contribution in [0.15, 0.2) is 18.2 Å². The van der Waals surface area contributed by atoms with E-state index < -0.39 is 42.5 Å². The lowest BCUT2D eigenvalue weighted by atomic mass is 9.87. The van der Waals surface area contributed by atoms with E-state index in [1.54, 1.807) is 20.8 Å². The van der Waals surface area contributed by atoms with Crippen molar-refractivity contribution in [2.45, 2.75) is 71.4 Å². The van der Waals surface area contributed by atoms with Gasteiger partial charge in [-0.1, -0.05) is 25.8 Å². The van der Waals surface area contributed by atoms with Gasteiger partial charge in [0, 0.05) is 5.92 Å². The maximum absolute atomic E-state index is 12.0. The van der Waals surface area contributed by atoms with Crippen molar-refractivity contribution in [2.75, 3.05) is 19.8 Å². The van der Waals surface area contributed by atoms with Gasteiger partial charge in [-0.25, -0.2) is 14.4 Å². The number of rotatable bonds is 14. The second-order valence-electron chi connectivity index (χ2n) is 7.72. The number of carboxylic acid groups (broad SMARTS) is 1. The second kappa shape index (κ2) is 16.2. The van der Waals surface area contributed by atoms with Crippen molar-refractivity contribution in [1.82, 2.24) is 0 Å². The molecule has 12 heteroatoms. The highest BCUT2D eigenvalue weighted by molar-refractivity contribution is 5.75. The van der Waals surface area contributed by atoms with E-state index in [4.69, 9.17) is 34.2 Å². The molecule has 0 aliphatic rings. The molecule has 0 radical (unpaired) electrons. The van der Waals surface area contributed by atoms with Crippen LogP contribution in [0, 0.1) is 0 Å². The molecule has 202 valence electrons. The number of ether oxygens (including phenoxy) is 6. The fourth-order valence-corrected chi connectivity index (χ4v) is 3.17. The quantitative estimate of drug-likeness (QED) is 0.156. The van der Waals surface area contributed by atoms with E-state index in [1.165, 1.54) is 18.2 Å². The molecule has 1 rings (SSSR count). The number of hydrogen-bond donors (Lipinski definition) is 2. The third-order valence-corrected chi connectivity index (χ3v) is 4.88. The lowest BCUT2D eigenvalue weighted by Gasteiger charge is -2.25. The fraction of sp³-hybridized carbons (Fsp3) is 0.583. The van der Waals surface area contributed by atoms with Gasteiger partial charge in [0.2, 0.25) is 0 Å². The number of hydrogen-bond acceptors (Lipinski definition) is 11. The third-order valence-electron chi connectivity index (χ3n) is 4.88. The summed E-state index contributed by atoms with van der Waals surface area (Å²) in [7, 11) is 0. The normalized spacial score (nSPS) is 13.0. The smallest absolute Gasteiger partial charge is 0.480 e. The maximum atomic E-state index is 12.0. The number of benzene rings is 1. The zero-order valence-electron chi connectivity index (χ0n) is 21.0. The molecule has 0 aliphatic carbocycles. The summed E-state index contributed by atoms with van der Waals surface area (Å²) in [5.74, 6) is -2.56. The van der Waals surface area contributed by atoms with Gasteiger partial charge in [-0.3, -0.25) is 4.79 Å². The summed E-state index contributed by atoms with van der Waals surface area (Å²) in [6.07, 6.45) is -1.14. The van der Waals surface area contributed by atoms with Gasteiger partial charge in [0.1, 0.15) is 12.1 Å². The van der Waals surface area contributed by atoms with Crippen molar-refractivity contribution >= 4 is 24.4 Å². The van der Waals surface area contributed by atoms with Gasteiger partial charge in [-0.05, 0) is 51.3 Å². The van der Waals surface area contributed by atoms with Gasteiger partial charge in [-0.2, -0.15) is 0 Å². The molecule has 3 N–H and O–H groups in total. The molecule has 0 saturated carbocycles. The average Bonchev–Trinajstić information content (AvgIpc) is 2.81. The van der Waals surface area contributed by atoms with Crippen LogP contribution in [0.2, 0.25) is 0 Å². The van der Waals surface area contributed by atoms with E-state index in [0.29, 0.717) is 12.0 Å². The predicted octanol–water partition coefficient (Wildman–Crippen LogP) is 4.37. The lowest BCUT2D eigenvalue weighted by molar-refractivity contribution is -0.139. The maximum Gasteiger partial charge on any atom is 0.513 e. The Morgan fingerprint density at radius 2 is 1.50 bits per heavy atom. The van der Waals surface area contributed by atoms with Gasteiger partial charge < -0.3 is 39.3 Å². The Balaban J connectivity index is 3.15. The van der Waals surface area contributed by atoms with Crippen molar-refractivity contribution in [3.63, 3.8) is 0 Å². The average molecular weight is 514 g/mol. The van der Waals surface area contributed by atoms with Crippen LogP contribution in [-0.2, 0) is 23.7 Å². The molecule has 2 unspecified atom stereocenters. The van der Waals surface area contributed by atoms with E-state index in [1.807, 2.05) is 6.92 Å². The minimum Gasteiger partial charge on any atom is -0.480 e. The molecule has 0 spiro atoms. The number of aliphatic carboxylic acids is 1. The van der Waals surface area contributed by atoms with E-state index >= 15 is 0 Å². The molecule has 1 aromatic rings. The number of carboxylic acids is 1. The van der Waals surface area contributed by atoms with Crippen molar-refractivity contribution in [3.05, 3.63) is 23.8 Å². The standard InChI is InChI=1S/C24H35NO11/c1-5-8-9-12-33-24(30)34-15(4)13-17(20(25)21(26)27)16-10-11-18(35-22(28)31-6-2)19(14-16)36-23(29)32-7-3/h10-11,14-15,17,20H,5-9,12-13,25H2,1-4H3,(H,26,27)/t15?,17?,20-/m0/s1. The van der Waals surface area contributed by atoms with E-state index in [2.05, 4.69) is 0 Å². The van der Waals surface area contributed by atoms with Gasteiger partial charge in [-0.15, -0.1) is 0 Å². The summed E-state index contributed by atoms with van der Waals surface area (Å²) in [6.45, 7) is 7.05. The van der Waals surface area contributed by atoms with Crippen LogP contribution in [0.1, 0.15) is 64.9 Å². The first kappa shape index (κ1) is 30.5. The summed E-state index contributed by atoms with van der Waals surface area (Å²) in [5, 5.41) is 9.54. The molecule has 12 nitrogen and oxygen atoms in total. The molecule has 3 atom stereocenters. The van der Waals surface area contributed by atoms with Crippen LogP contribution in [0.5, 0.6) is 11.5 Å². The Morgan fingerprint density at radius 3 is 2.06 bits per heavy atom. The highest BCUT2D eigenvalue weighted by atomic mass is 16.7. The summed E-state index contributed by atoms with van der Waals surface area (Å²) in [5.41, 5.74) is 6.26. The van der Waals surface area contributed by atoms with E-state index in [9.17, 15) is 24.3 Å². The van der Waals surface area contributed by atoms with Gasteiger partial charge in [0.15, 0.2) is 11.5 Å². The molecule has 0 heterocycles. The Morgan fingerprint density at radius 1 is 0.889 bits per heavy atom. The topological polar surface area (TPSA) is 170 Å². The van der Waals surface area contributed by atoms with Crippen LogP contribution < -0.4 is 15.2 Å². The summed E-state index contributed by atoms with van der Waals surface area (Å²) in [6, 6.07) is 2.66. The van der Waals surface area contributed by atoms with Gasteiger partial charge in [0.05, 0.1) is 19.8 Å². The van der Waals surface area contributed by atoms with Crippen molar-refractivity contribution < 1.29 is 52.7 Å². The fourth-order valence-electron chi connectivity index (χ4n) is 3.17. The monoisotopic (exact) mass is 513 g/mol. The number of nitrogens with two attached hydrogens (primary N) is 1. The van der Waals surface area contributed by atoms with Crippen molar-refractivity contribution in [1.29, 1.82) is 0 Å². The van der Waals surface area contributed by atoms with Crippen LogP contribution in [0.4, 0.5) is 14.4 Å². The molecule has 0 fully saturated rings. The lowest BCUT2D eigenvalue weighted by Crippen LogP contribution is -2.38. The van der Waals surface area contributed by atoms with Gasteiger partial charge in [0.25, 0.3) is 0 Å². The molecule has 0 aromatic heterocycles. The highest BCUT2D eigenvalue weighted by Gasteiger charge is 2.30. The predicted molar refractivity (Wildman–Crippen MR) is 126 cm³/mol. The number of carbonyl (C=O) groups excluding carboxylic acids is 3. The summed E-state index contributed by atoms with van der Waals surface area (Å²) >= 11 is 0. The zero-order valence-corrected chi connectivity index (χ0v) is 21.0. The summed E-state index contributed by atoms with van der Waals surface area (Å²) < 4.78 is 30.0. The Bertz CT molecular complexity index is 874. The third kappa shape index (κ3) is 10.8. The Labute approximate surface area is 209 Å². The molecule has 0 amide bonds. The first-order chi connectivity index (χ1) is 17.1. The molecule has 0 saturated heterocycles. The second-order valence-corrected chi connectivity index (χ2v) is 7.72. The molecule has 36 heavy (non-hydrogen) atoms. The molecular weight excluding hydrogens is 478 g/mol. The minimum atomic E-state index is -1.40. The highest BCUT2D eigenvalue weighted by Crippen LogP contribution is 2.35. The first-order valence-electron chi connectivity index (χ1n) is 11.8. The van der Waals surface area contributed by atoms with Crippen LogP contribution in [0.3, 0.4) is 0 Å². The molecule has 0 aliphatic heterocycles. The van der Waals surface area contributed by atoms with Gasteiger partial charge >= 0.3 is 24.4 Å². The Hall–Kier alpha value is -3.54.